The number of benzene rings is 8. The van der Waals surface area contributed by atoms with Crippen LogP contribution in [0.15, 0.2) is 167 Å². The predicted octanol–water partition coefficient (Wildman–Crippen LogP) is 21.8. The molecule has 1 aliphatic rings. The van der Waals surface area contributed by atoms with Crippen molar-refractivity contribution in [3.8, 4) is 11.1 Å². The highest BCUT2D eigenvalue weighted by Gasteiger charge is 2.46. The summed E-state index contributed by atoms with van der Waals surface area (Å²) in [5.74, 6) is 0. The van der Waals surface area contributed by atoms with Gasteiger partial charge < -0.3 is 9.80 Å². The van der Waals surface area contributed by atoms with Crippen molar-refractivity contribution in [3.63, 3.8) is 0 Å². The molecule has 0 saturated heterocycles. The van der Waals surface area contributed by atoms with Crippen LogP contribution in [-0.2, 0) is 28.1 Å². The van der Waals surface area contributed by atoms with Crippen LogP contribution in [0.3, 0.4) is 0 Å². The van der Waals surface area contributed by atoms with E-state index >= 15 is 0 Å². The zero-order valence-corrected chi connectivity index (χ0v) is 50.4. The van der Waals surface area contributed by atoms with Gasteiger partial charge in [-0.2, -0.15) is 0 Å². The maximum Gasteiger partial charge on any atom is 0.0714 e. The summed E-state index contributed by atoms with van der Waals surface area (Å²) in [7, 11) is 0. The van der Waals surface area contributed by atoms with E-state index in [0.717, 1.165) is 38.1 Å². The number of hydrogen-bond acceptors (Lipinski definition) is 2. The van der Waals surface area contributed by atoms with Gasteiger partial charge in [0.2, 0.25) is 0 Å². The Hall–Kier alpha value is -5.68. The zero-order chi connectivity index (χ0) is 53.8. The second-order valence-electron chi connectivity index (χ2n) is 24.6. The molecule has 0 N–H and O–H groups in total. The summed E-state index contributed by atoms with van der Waals surface area (Å²) in [6.07, 6.45) is 6.13. The molecule has 0 bridgehead atoms. The van der Waals surface area contributed by atoms with Gasteiger partial charge in [0.05, 0.1) is 16.8 Å². The molecule has 0 fully saturated rings. The number of nitrogens with zero attached hydrogens (tertiary/aromatic N) is 2. The first kappa shape index (κ1) is 54.1. The van der Waals surface area contributed by atoms with Crippen LogP contribution in [0.4, 0.5) is 34.1 Å². The van der Waals surface area contributed by atoms with Gasteiger partial charge in [-0.25, -0.2) is 0 Å². The second-order valence-corrected chi connectivity index (χ2v) is 26.4. The van der Waals surface area contributed by atoms with Crippen molar-refractivity contribution in [3.05, 3.63) is 233 Å². The minimum Gasteiger partial charge on any atom is -0.310 e. The lowest BCUT2D eigenvalue weighted by molar-refractivity contribution is 0.589. The van der Waals surface area contributed by atoms with Crippen molar-refractivity contribution in [2.24, 2.45) is 0 Å². The van der Waals surface area contributed by atoms with Gasteiger partial charge in [0.1, 0.15) is 0 Å². The van der Waals surface area contributed by atoms with Crippen LogP contribution < -0.4 is 9.80 Å². The van der Waals surface area contributed by atoms with Gasteiger partial charge in [0.15, 0.2) is 0 Å². The normalized spacial score (nSPS) is 13.2. The Balaban J connectivity index is 1.21. The summed E-state index contributed by atoms with van der Waals surface area (Å²) in [5.41, 5.74) is 24.5. The Bertz CT molecular complexity index is 3240. The van der Waals surface area contributed by atoms with Crippen molar-refractivity contribution >= 4 is 66.0 Å². The fourth-order valence-electron chi connectivity index (χ4n) is 11.8. The van der Waals surface area contributed by atoms with Crippen molar-refractivity contribution in [2.75, 3.05) is 9.80 Å². The Kier molecular flexibility index (Phi) is 15.2. The van der Waals surface area contributed by atoms with Crippen molar-refractivity contribution in [1.82, 2.24) is 0 Å². The van der Waals surface area contributed by atoms with Gasteiger partial charge >= 0.3 is 0 Å². The molecule has 2 nitrogen and oxygen atoms in total. The summed E-state index contributed by atoms with van der Waals surface area (Å²) in [4.78, 5) is 4.96. The summed E-state index contributed by atoms with van der Waals surface area (Å²) < 4.78 is 2.15. The van der Waals surface area contributed by atoms with Gasteiger partial charge in [0, 0.05) is 31.7 Å². The highest BCUT2D eigenvalue weighted by Crippen LogP contribution is 2.58. The molecule has 0 spiro atoms. The fourth-order valence-corrected chi connectivity index (χ4v) is 12.5. The number of anilines is 6. The predicted molar refractivity (Wildman–Crippen MR) is 331 cm³/mol. The van der Waals surface area contributed by atoms with Gasteiger partial charge in [-0.1, -0.05) is 205 Å². The van der Waals surface area contributed by atoms with Gasteiger partial charge in [0.25, 0.3) is 0 Å². The largest absolute Gasteiger partial charge is 0.310 e. The average Bonchev–Trinajstić information content (AvgIpc) is 3.69. The van der Waals surface area contributed by atoms with Crippen molar-refractivity contribution < 1.29 is 0 Å². The smallest absolute Gasteiger partial charge is 0.0714 e. The van der Waals surface area contributed by atoms with Gasteiger partial charge in [-0.05, 0) is 207 Å². The highest BCUT2D eigenvalue weighted by molar-refractivity contribution is 9.10. The topological polar surface area (TPSA) is 6.48 Å². The number of fused-ring (bicyclic) bond motifs is 3. The molecular weight excluding hydrogens is 1040 g/mol. The molecule has 0 radical (unpaired) electrons. The quantitative estimate of drug-likeness (QED) is 0.106. The first-order valence-electron chi connectivity index (χ1n) is 27.4. The summed E-state index contributed by atoms with van der Waals surface area (Å²) in [6.45, 7) is 32.1. The summed E-state index contributed by atoms with van der Waals surface area (Å²) in [6, 6.07) is 60.9. The standard InChI is InChI=1S/C71H78Br2N2/c1-15-16-17-18-19-50-20-22-52(23-21-50)71(64-44-56(72)28-38-62(64)63-39-29-57(73)45-65(63)71)53-26-32-59(33-27-53)75(67-48(4)42-55(43-49(67)5)70(12,13)14)61-36-34-60(35-37-61)74(58-30-24-51(25-31-58)68(6,7)8)66-46(2)40-54(41-47(66)3)69(9,10)11/h20-45H,15-19H2,1-14H3. The second kappa shape index (κ2) is 21.0. The molecule has 75 heavy (non-hydrogen) atoms. The number of rotatable bonds is 13. The molecule has 0 heterocycles. The molecule has 0 aromatic heterocycles. The van der Waals surface area contributed by atoms with E-state index in [1.807, 2.05) is 0 Å². The molecule has 0 aliphatic heterocycles. The first-order valence-corrected chi connectivity index (χ1v) is 28.9. The van der Waals surface area contributed by atoms with E-state index in [1.54, 1.807) is 0 Å². The third-order valence-electron chi connectivity index (χ3n) is 15.8. The first-order chi connectivity index (χ1) is 35.5. The number of hydrogen-bond donors (Lipinski definition) is 0. The van der Waals surface area contributed by atoms with E-state index in [9.17, 15) is 0 Å². The molecule has 4 heteroatoms. The fraction of sp³-hybridized carbons (Fsp3) is 0.324. The van der Waals surface area contributed by atoms with Gasteiger partial charge in [-0.3, -0.25) is 0 Å². The molecule has 0 amide bonds. The van der Waals surface area contributed by atoms with Crippen LogP contribution in [0.25, 0.3) is 11.1 Å². The SMILES string of the molecule is CCCCCCc1ccc(C2(c3ccc(N(c4ccc(N(c5ccc(C(C)(C)C)cc5)c5c(C)cc(C(C)(C)C)cc5C)cc4)c4c(C)cc(C(C)(C)C)cc4C)cc3)c3cc(Br)ccc3-c3ccc(Br)cc32)cc1. The number of unbranched alkanes of at least 4 members (excludes halogenated alkanes) is 3. The molecular formula is C71H78Br2N2. The average molecular weight is 1120 g/mol. The Labute approximate surface area is 467 Å². The summed E-state index contributed by atoms with van der Waals surface area (Å²) >= 11 is 7.87. The lowest BCUT2D eigenvalue weighted by Gasteiger charge is -2.35. The van der Waals surface area contributed by atoms with Crippen molar-refractivity contribution in [2.45, 2.75) is 151 Å². The Morgan fingerprint density at radius 1 is 0.387 bits per heavy atom. The van der Waals surface area contributed by atoms with Crippen LogP contribution in [0.5, 0.6) is 0 Å². The van der Waals surface area contributed by atoms with Crippen LogP contribution >= 0.6 is 31.9 Å². The van der Waals surface area contributed by atoms with E-state index in [1.165, 1.54) is 115 Å². The maximum atomic E-state index is 3.93. The van der Waals surface area contributed by atoms with Crippen LogP contribution in [0.2, 0.25) is 0 Å². The highest BCUT2D eigenvalue weighted by atomic mass is 79.9. The summed E-state index contributed by atoms with van der Waals surface area (Å²) in [5, 5.41) is 0. The van der Waals surface area contributed by atoms with E-state index in [4.69, 9.17) is 0 Å². The Morgan fingerprint density at radius 2 is 0.733 bits per heavy atom. The maximum absolute atomic E-state index is 3.93. The number of halogens is 2. The van der Waals surface area contributed by atoms with Crippen LogP contribution in [0, 0.1) is 27.7 Å². The molecule has 8 aromatic carbocycles. The molecule has 9 rings (SSSR count). The monoisotopic (exact) mass is 1120 g/mol. The van der Waals surface area contributed by atoms with Crippen LogP contribution in [-0.4, -0.2) is 0 Å². The van der Waals surface area contributed by atoms with Crippen LogP contribution in [0.1, 0.15) is 162 Å². The van der Waals surface area contributed by atoms with Gasteiger partial charge in [-0.15, -0.1) is 0 Å². The molecule has 1 aliphatic carbocycles. The number of aryl methyl sites for hydroxylation is 5. The molecule has 386 valence electrons. The molecule has 0 saturated carbocycles. The van der Waals surface area contributed by atoms with E-state index in [-0.39, 0.29) is 16.2 Å². The van der Waals surface area contributed by atoms with E-state index in [2.05, 4.69) is 296 Å². The lowest BCUT2D eigenvalue weighted by Crippen LogP contribution is -2.28. The third kappa shape index (κ3) is 10.6. The van der Waals surface area contributed by atoms with Crippen molar-refractivity contribution in [1.29, 1.82) is 0 Å². The zero-order valence-electron chi connectivity index (χ0n) is 47.2. The Morgan fingerprint density at radius 3 is 1.09 bits per heavy atom. The third-order valence-corrected chi connectivity index (χ3v) is 16.8. The van der Waals surface area contributed by atoms with E-state index < -0.39 is 5.41 Å². The minimum atomic E-state index is -0.556. The molecule has 8 aromatic rings. The molecule has 0 atom stereocenters. The lowest BCUT2D eigenvalue weighted by atomic mass is 9.67. The molecule has 0 unspecified atom stereocenters. The minimum absolute atomic E-state index is 0.0114. The van der Waals surface area contributed by atoms with E-state index in [0.29, 0.717) is 0 Å².